The van der Waals surface area contributed by atoms with E-state index in [1.165, 1.54) is 28.4 Å². The summed E-state index contributed by atoms with van der Waals surface area (Å²) in [4.78, 5) is 26.1. The second-order valence-corrected chi connectivity index (χ2v) is 8.06. The molecular formula is C15H15ClN2O5S2. The van der Waals surface area contributed by atoms with E-state index in [-0.39, 0.29) is 21.4 Å². The summed E-state index contributed by atoms with van der Waals surface area (Å²) >= 11 is 7.26. The van der Waals surface area contributed by atoms with Gasteiger partial charge in [0.25, 0.3) is 5.91 Å². The first-order chi connectivity index (χ1) is 11.7. The fraction of sp³-hybridized carbons (Fsp3) is 0.200. The van der Waals surface area contributed by atoms with Crippen LogP contribution in [-0.2, 0) is 26.1 Å². The lowest BCUT2D eigenvalue weighted by Crippen LogP contribution is -2.30. The minimum atomic E-state index is -4.08. The van der Waals surface area contributed by atoms with Crippen molar-refractivity contribution < 1.29 is 22.7 Å². The van der Waals surface area contributed by atoms with Crippen LogP contribution < -0.4 is 5.14 Å². The number of hydrogen-bond donors (Lipinski definition) is 1. The van der Waals surface area contributed by atoms with Crippen LogP contribution >= 0.6 is 22.9 Å². The highest BCUT2D eigenvalue weighted by Gasteiger charge is 2.18. The normalized spacial score (nSPS) is 11.2. The molecule has 0 aliphatic carbocycles. The van der Waals surface area contributed by atoms with Gasteiger partial charge in [0.05, 0.1) is 17.1 Å². The maximum atomic E-state index is 12.0. The average molecular weight is 403 g/mol. The number of benzene rings is 1. The molecule has 10 heteroatoms. The number of primary sulfonamides is 1. The number of carbonyl (C=O) groups is 2. The lowest BCUT2D eigenvalue weighted by Gasteiger charge is -2.16. The molecule has 7 nitrogen and oxygen atoms in total. The number of hydrogen-bond acceptors (Lipinski definition) is 6. The molecule has 0 bridgehead atoms. The molecule has 1 amide bonds. The van der Waals surface area contributed by atoms with Gasteiger partial charge < -0.3 is 9.64 Å². The van der Waals surface area contributed by atoms with Crippen LogP contribution in [0.3, 0.4) is 0 Å². The molecule has 2 N–H and O–H groups in total. The van der Waals surface area contributed by atoms with Crippen LogP contribution in [0, 0.1) is 0 Å². The van der Waals surface area contributed by atoms with Crippen molar-refractivity contribution in [3.63, 3.8) is 0 Å². The molecule has 0 aliphatic rings. The third-order valence-corrected chi connectivity index (χ3v) is 5.45. The molecule has 0 unspecified atom stereocenters. The zero-order chi connectivity index (χ0) is 18.6. The highest BCUT2D eigenvalue weighted by Crippen LogP contribution is 2.22. The molecule has 134 valence electrons. The predicted molar refractivity (Wildman–Crippen MR) is 93.9 cm³/mol. The van der Waals surface area contributed by atoms with Crippen LogP contribution in [0.2, 0.25) is 5.02 Å². The fourth-order valence-electron chi connectivity index (χ4n) is 1.89. The number of esters is 1. The maximum absolute atomic E-state index is 12.0. The van der Waals surface area contributed by atoms with Crippen LogP contribution in [0.1, 0.15) is 15.2 Å². The average Bonchev–Trinajstić information content (AvgIpc) is 3.04. The van der Waals surface area contributed by atoms with E-state index in [9.17, 15) is 18.0 Å². The zero-order valence-corrected chi connectivity index (χ0v) is 15.5. The molecule has 1 aromatic heterocycles. The van der Waals surface area contributed by atoms with Gasteiger partial charge in [0.15, 0.2) is 6.61 Å². The number of nitrogens with two attached hydrogens (primary N) is 1. The van der Waals surface area contributed by atoms with E-state index in [1.807, 2.05) is 17.5 Å². The summed E-state index contributed by atoms with van der Waals surface area (Å²) in [5, 5.41) is 6.82. The van der Waals surface area contributed by atoms with Crippen molar-refractivity contribution in [1.82, 2.24) is 4.90 Å². The molecule has 1 heterocycles. The summed E-state index contributed by atoms with van der Waals surface area (Å²) in [5.74, 6) is -1.23. The van der Waals surface area contributed by atoms with Crippen molar-refractivity contribution in [2.45, 2.75) is 11.4 Å². The summed E-state index contributed by atoms with van der Waals surface area (Å²) in [5.41, 5.74) is -0.0675. The highest BCUT2D eigenvalue weighted by atomic mass is 35.5. The van der Waals surface area contributed by atoms with Crippen molar-refractivity contribution in [3.05, 3.63) is 51.2 Å². The molecule has 1 aromatic carbocycles. The predicted octanol–water partition coefficient (Wildman–Crippen LogP) is 1.86. The molecule has 0 atom stereocenters. The SMILES string of the molecule is CN(Cc1cccs1)C(=O)COC(=O)c1ccc(Cl)c(S(N)(=O)=O)c1. The number of nitrogens with zero attached hydrogens (tertiary/aromatic N) is 1. The van der Waals surface area contributed by atoms with Gasteiger partial charge in [-0.25, -0.2) is 18.4 Å². The number of rotatable bonds is 6. The molecule has 0 spiro atoms. The number of likely N-dealkylation sites (N-methyl/N-ethyl adjacent to an activating group) is 1. The van der Waals surface area contributed by atoms with Crippen molar-refractivity contribution in [3.8, 4) is 0 Å². The van der Waals surface area contributed by atoms with Gasteiger partial charge in [-0.3, -0.25) is 4.79 Å². The number of ether oxygens (including phenoxy) is 1. The summed E-state index contributed by atoms with van der Waals surface area (Å²) in [6.07, 6.45) is 0. The number of thiophene rings is 1. The van der Waals surface area contributed by atoms with Gasteiger partial charge in [-0.1, -0.05) is 17.7 Å². The monoisotopic (exact) mass is 402 g/mol. The molecule has 2 aromatic rings. The minimum Gasteiger partial charge on any atom is -0.452 e. The number of amides is 1. The van der Waals surface area contributed by atoms with Crippen molar-refractivity contribution in [2.24, 2.45) is 5.14 Å². The first-order valence-corrected chi connectivity index (χ1v) is 9.74. The van der Waals surface area contributed by atoms with Gasteiger partial charge >= 0.3 is 5.97 Å². The van der Waals surface area contributed by atoms with E-state index >= 15 is 0 Å². The number of carbonyl (C=O) groups excluding carboxylic acids is 2. The van der Waals surface area contributed by atoms with Crippen molar-refractivity contribution in [2.75, 3.05) is 13.7 Å². The highest BCUT2D eigenvalue weighted by molar-refractivity contribution is 7.89. The Bertz CT molecular complexity index is 881. The van der Waals surface area contributed by atoms with E-state index in [1.54, 1.807) is 7.05 Å². The Kier molecular flexibility index (Phi) is 6.17. The Hall–Kier alpha value is -1.94. The molecular weight excluding hydrogens is 388 g/mol. The summed E-state index contributed by atoms with van der Waals surface area (Å²) in [6.45, 7) is -0.0569. The van der Waals surface area contributed by atoms with Crippen molar-refractivity contribution >= 4 is 44.8 Å². The zero-order valence-electron chi connectivity index (χ0n) is 13.1. The van der Waals surface area contributed by atoms with Gasteiger partial charge in [0.2, 0.25) is 10.0 Å². The topological polar surface area (TPSA) is 107 Å². The largest absolute Gasteiger partial charge is 0.452 e. The first kappa shape index (κ1) is 19.4. The Morgan fingerprint density at radius 1 is 1.32 bits per heavy atom. The lowest BCUT2D eigenvalue weighted by atomic mass is 10.2. The van der Waals surface area contributed by atoms with Crippen LogP contribution in [0.25, 0.3) is 0 Å². The fourth-order valence-corrected chi connectivity index (χ4v) is 3.72. The van der Waals surface area contributed by atoms with E-state index in [2.05, 4.69) is 0 Å². The van der Waals surface area contributed by atoms with E-state index in [0.29, 0.717) is 6.54 Å². The van der Waals surface area contributed by atoms with Crippen molar-refractivity contribution in [1.29, 1.82) is 0 Å². The smallest absolute Gasteiger partial charge is 0.338 e. The van der Waals surface area contributed by atoms with Crippen LogP contribution in [0.15, 0.2) is 40.6 Å². The first-order valence-electron chi connectivity index (χ1n) is 6.94. The van der Waals surface area contributed by atoms with Gasteiger partial charge in [0.1, 0.15) is 4.90 Å². The van der Waals surface area contributed by atoms with Crippen LogP contribution in [0.5, 0.6) is 0 Å². The minimum absolute atomic E-state index is 0.0675. The quantitative estimate of drug-likeness (QED) is 0.742. The molecule has 0 saturated carbocycles. The van der Waals surface area contributed by atoms with E-state index < -0.39 is 22.6 Å². The molecule has 0 fully saturated rings. The molecule has 25 heavy (non-hydrogen) atoms. The summed E-state index contributed by atoms with van der Waals surface area (Å²) in [7, 11) is -2.48. The standard InChI is InChI=1S/C15H15ClN2O5S2/c1-18(8-11-3-2-6-24-11)14(19)9-23-15(20)10-4-5-12(16)13(7-10)25(17,21)22/h2-7H,8-9H2,1H3,(H2,17,21,22). The van der Waals surface area contributed by atoms with E-state index in [0.717, 1.165) is 10.9 Å². The Morgan fingerprint density at radius 3 is 2.64 bits per heavy atom. The van der Waals surface area contributed by atoms with Crippen LogP contribution in [-0.4, -0.2) is 38.8 Å². The second-order valence-electron chi connectivity index (χ2n) is 5.10. The molecule has 2 rings (SSSR count). The third kappa shape index (κ3) is 5.27. The maximum Gasteiger partial charge on any atom is 0.338 e. The van der Waals surface area contributed by atoms with Gasteiger partial charge in [-0.05, 0) is 29.6 Å². The van der Waals surface area contributed by atoms with Gasteiger partial charge in [0, 0.05) is 11.9 Å². The number of sulfonamides is 1. The molecule has 0 aliphatic heterocycles. The Morgan fingerprint density at radius 2 is 2.04 bits per heavy atom. The molecule has 0 saturated heterocycles. The Labute approximate surface area is 154 Å². The second kappa shape index (κ2) is 7.96. The summed E-state index contributed by atoms with van der Waals surface area (Å²) in [6, 6.07) is 7.30. The number of halogens is 1. The lowest BCUT2D eigenvalue weighted by molar-refractivity contribution is -0.133. The van der Waals surface area contributed by atoms with Gasteiger partial charge in [-0.2, -0.15) is 0 Å². The van der Waals surface area contributed by atoms with E-state index in [4.69, 9.17) is 21.5 Å². The molecule has 0 radical (unpaired) electrons. The Balaban J connectivity index is 1.99. The third-order valence-electron chi connectivity index (χ3n) is 3.20. The van der Waals surface area contributed by atoms with Crippen LogP contribution in [0.4, 0.5) is 0 Å². The van der Waals surface area contributed by atoms with Gasteiger partial charge in [-0.15, -0.1) is 11.3 Å². The summed E-state index contributed by atoms with van der Waals surface area (Å²) < 4.78 is 27.8.